The molecule has 1 N–H and O–H groups in total. The summed E-state index contributed by atoms with van der Waals surface area (Å²) in [6.07, 6.45) is 0.430. The third-order valence-electron chi connectivity index (χ3n) is 2.59. The van der Waals surface area contributed by atoms with Crippen molar-refractivity contribution in [3.05, 3.63) is 47.5 Å². The summed E-state index contributed by atoms with van der Waals surface area (Å²) in [5, 5.41) is 0. The van der Waals surface area contributed by atoms with Gasteiger partial charge in [-0.25, -0.2) is 4.98 Å². The van der Waals surface area contributed by atoms with E-state index in [2.05, 4.69) is 18.0 Å². The lowest BCUT2D eigenvalue weighted by Crippen LogP contribution is -2.32. The molecule has 1 aromatic carbocycles. The molecule has 1 heterocycles. The van der Waals surface area contributed by atoms with E-state index in [1.54, 1.807) is 0 Å². The maximum atomic E-state index is 7.87. The maximum Gasteiger partial charge on any atom is 0.247 e. The molecular weight excluding hydrogens is 172 g/mol. The SMILES string of the molecule is [2H]c1[nH]c(C)c(C)[n+]1-c1ccccc1C. The Balaban J connectivity index is 2.69. The van der Waals surface area contributed by atoms with Gasteiger partial charge >= 0.3 is 0 Å². The first kappa shape index (κ1) is 7.80. The molecule has 72 valence electrons. The molecular formula is C12H15N2+. The van der Waals surface area contributed by atoms with E-state index < -0.39 is 0 Å². The zero-order valence-electron chi connectivity index (χ0n) is 9.76. The molecule has 0 saturated carbocycles. The minimum Gasteiger partial charge on any atom is -0.247 e. The van der Waals surface area contributed by atoms with E-state index in [1.165, 1.54) is 5.56 Å². The molecule has 0 saturated heterocycles. The summed E-state index contributed by atoms with van der Waals surface area (Å²) >= 11 is 0. The molecule has 0 amide bonds. The molecule has 2 heteroatoms. The molecule has 0 fully saturated rings. The molecule has 0 unspecified atom stereocenters. The molecule has 2 nitrogen and oxygen atoms in total. The van der Waals surface area contributed by atoms with Gasteiger partial charge in [0.1, 0.15) is 17.1 Å². The van der Waals surface area contributed by atoms with Crippen molar-refractivity contribution in [3.63, 3.8) is 0 Å². The van der Waals surface area contributed by atoms with E-state index >= 15 is 0 Å². The first-order valence-corrected chi connectivity index (χ1v) is 4.75. The topological polar surface area (TPSA) is 19.7 Å². The summed E-state index contributed by atoms with van der Waals surface area (Å²) in [5.74, 6) is 0. The van der Waals surface area contributed by atoms with Crippen LogP contribution < -0.4 is 4.57 Å². The number of hydrogen-bond acceptors (Lipinski definition) is 0. The summed E-state index contributed by atoms with van der Waals surface area (Å²) < 4.78 is 9.81. The van der Waals surface area contributed by atoms with Gasteiger partial charge in [-0.15, -0.1) is 0 Å². The van der Waals surface area contributed by atoms with Gasteiger partial charge in [-0.2, -0.15) is 4.57 Å². The van der Waals surface area contributed by atoms with Crippen molar-refractivity contribution >= 4 is 0 Å². The van der Waals surface area contributed by atoms with Crippen LogP contribution in [0.1, 0.15) is 18.3 Å². The van der Waals surface area contributed by atoms with Crippen molar-refractivity contribution in [2.24, 2.45) is 0 Å². The minimum atomic E-state index is 0.430. The molecule has 0 aliphatic carbocycles. The Morgan fingerprint density at radius 3 is 2.50 bits per heavy atom. The quantitative estimate of drug-likeness (QED) is 0.662. The van der Waals surface area contributed by atoms with E-state index in [0.29, 0.717) is 6.30 Å². The van der Waals surface area contributed by atoms with Gasteiger partial charge in [0, 0.05) is 13.8 Å². The van der Waals surface area contributed by atoms with E-state index in [-0.39, 0.29) is 0 Å². The fourth-order valence-electron chi connectivity index (χ4n) is 1.54. The summed E-state index contributed by atoms with van der Waals surface area (Å²) in [6, 6.07) is 8.10. The van der Waals surface area contributed by atoms with Crippen LogP contribution in [0.5, 0.6) is 0 Å². The van der Waals surface area contributed by atoms with Crippen LogP contribution in [0.2, 0.25) is 0 Å². The standard InChI is InChI=1S/C12H14N2/c1-9-6-4-5-7-12(9)14-8-13-10(2)11(14)3/h4-8H,1-3H3/p+1/i8D. The van der Waals surface area contributed by atoms with E-state index in [0.717, 1.165) is 17.1 Å². The summed E-state index contributed by atoms with van der Waals surface area (Å²) in [5.41, 5.74) is 4.39. The highest BCUT2D eigenvalue weighted by Crippen LogP contribution is 2.08. The van der Waals surface area contributed by atoms with Crippen molar-refractivity contribution in [3.8, 4) is 5.69 Å². The average molecular weight is 188 g/mol. The molecule has 0 atom stereocenters. The summed E-state index contributed by atoms with van der Waals surface area (Å²) in [7, 11) is 0. The number of rotatable bonds is 1. The number of para-hydroxylation sites is 1. The monoisotopic (exact) mass is 188 g/mol. The number of hydrogen-bond donors (Lipinski definition) is 1. The molecule has 14 heavy (non-hydrogen) atoms. The number of nitrogens with zero attached hydrogens (tertiary/aromatic N) is 1. The normalized spacial score (nSPS) is 11.5. The zero-order valence-corrected chi connectivity index (χ0v) is 8.76. The number of aryl methyl sites for hydroxylation is 2. The second-order valence-corrected chi connectivity index (χ2v) is 3.57. The average Bonchev–Trinajstić information content (AvgIpc) is 2.43. The predicted octanol–water partition coefficient (Wildman–Crippen LogP) is 2.22. The molecule has 0 spiro atoms. The van der Waals surface area contributed by atoms with Crippen LogP contribution in [0.15, 0.2) is 30.6 Å². The fraction of sp³-hybridized carbons (Fsp3) is 0.250. The predicted molar refractivity (Wildman–Crippen MR) is 56.5 cm³/mol. The maximum absolute atomic E-state index is 7.87. The van der Waals surface area contributed by atoms with Gasteiger partial charge in [0.05, 0.1) is 0 Å². The van der Waals surface area contributed by atoms with Crippen LogP contribution in [-0.2, 0) is 0 Å². The van der Waals surface area contributed by atoms with Crippen LogP contribution in [0.3, 0.4) is 0 Å². The zero-order chi connectivity index (χ0) is 11.0. The number of benzene rings is 1. The molecule has 0 radical (unpaired) electrons. The van der Waals surface area contributed by atoms with E-state index in [9.17, 15) is 0 Å². The molecule has 0 aliphatic heterocycles. The van der Waals surface area contributed by atoms with Gasteiger partial charge in [0.2, 0.25) is 6.30 Å². The molecule has 0 aliphatic rings. The largest absolute Gasteiger partial charge is 0.247 e. The smallest absolute Gasteiger partial charge is 0.247 e. The van der Waals surface area contributed by atoms with Crippen molar-refractivity contribution in [1.82, 2.24) is 4.98 Å². The summed E-state index contributed by atoms with van der Waals surface area (Å²) in [6.45, 7) is 6.07. The highest BCUT2D eigenvalue weighted by Gasteiger charge is 2.12. The highest BCUT2D eigenvalue weighted by molar-refractivity contribution is 5.32. The van der Waals surface area contributed by atoms with Gasteiger partial charge in [-0.05, 0) is 18.6 Å². The number of imidazole rings is 1. The first-order chi connectivity index (χ1) is 7.11. The Hall–Kier alpha value is -1.57. The van der Waals surface area contributed by atoms with E-state index in [1.807, 2.05) is 36.6 Å². The van der Waals surface area contributed by atoms with Gasteiger partial charge in [0.25, 0.3) is 0 Å². The highest BCUT2D eigenvalue weighted by atomic mass is 15.1. The van der Waals surface area contributed by atoms with Crippen molar-refractivity contribution in [2.45, 2.75) is 20.8 Å². The van der Waals surface area contributed by atoms with E-state index in [4.69, 9.17) is 1.37 Å². The van der Waals surface area contributed by atoms with Crippen molar-refractivity contribution < 1.29 is 5.94 Å². The van der Waals surface area contributed by atoms with Gasteiger partial charge in [-0.3, -0.25) is 0 Å². The number of H-pyrrole nitrogens is 1. The van der Waals surface area contributed by atoms with Gasteiger partial charge in [0.15, 0.2) is 1.37 Å². The number of nitrogens with one attached hydrogen (secondary N) is 1. The third-order valence-corrected chi connectivity index (χ3v) is 2.59. The lowest BCUT2D eigenvalue weighted by atomic mass is 10.2. The fourth-order valence-corrected chi connectivity index (χ4v) is 1.54. The van der Waals surface area contributed by atoms with Crippen LogP contribution in [0, 0.1) is 20.8 Å². The van der Waals surface area contributed by atoms with Gasteiger partial charge < -0.3 is 0 Å². The molecule has 0 bridgehead atoms. The lowest BCUT2D eigenvalue weighted by molar-refractivity contribution is -0.601. The van der Waals surface area contributed by atoms with Crippen LogP contribution in [-0.4, -0.2) is 4.98 Å². The van der Waals surface area contributed by atoms with Crippen LogP contribution >= 0.6 is 0 Å². The molecule has 1 aromatic heterocycles. The lowest BCUT2D eigenvalue weighted by Gasteiger charge is -2.01. The Bertz CT molecular complexity index is 500. The molecule has 2 aromatic rings. The third kappa shape index (κ3) is 1.33. The second-order valence-electron chi connectivity index (χ2n) is 3.57. The Kier molecular flexibility index (Phi) is 1.83. The van der Waals surface area contributed by atoms with Crippen molar-refractivity contribution in [1.29, 1.82) is 0 Å². The Labute approximate surface area is 85.6 Å². The Morgan fingerprint density at radius 1 is 1.21 bits per heavy atom. The second kappa shape index (κ2) is 3.29. The number of aromatic amines is 1. The Morgan fingerprint density at radius 2 is 1.93 bits per heavy atom. The van der Waals surface area contributed by atoms with Crippen LogP contribution in [0.25, 0.3) is 5.69 Å². The minimum absolute atomic E-state index is 0.430. The first-order valence-electron chi connectivity index (χ1n) is 5.25. The number of aromatic nitrogens is 2. The van der Waals surface area contributed by atoms with Crippen LogP contribution in [0.4, 0.5) is 0 Å². The van der Waals surface area contributed by atoms with Gasteiger partial charge in [-0.1, -0.05) is 18.2 Å². The summed E-state index contributed by atoms with van der Waals surface area (Å²) in [4.78, 5) is 3.03. The molecule has 2 rings (SSSR count). The van der Waals surface area contributed by atoms with Crippen molar-refractivity contribution in [2.75, 3.05) is 0 Å².